The smallest absolute Gasteiger partial charge is 0.383 e. The number of halogens is 6. The van der Waals surface area contributed by atoms with Gasteiger partial charge >= 0.3 is 12.4 Å². The van der Waals surface area contributed by atoms with Crippen LogP contribution in [-0.4, -0.2) is 303 Å². The van der Waals surface area contributed by atoms with E-state index in [0.29, 0.717) is 38.5 Å². The molecular weight excluding hydrogens is 1460 g/mol. The highest BCUT2D eigenvalue weighted by Gasteiger charge is 2.55. The second kappa shape index (κ2) is 40.2. The number of hydrogen-bond acceptors (Lipinski definition) is 15. The summed E-state index contributed by atoms with van der Waals surface area (Å²) in [6, 6.07) is -11.0. The zero-order chi connectivity index (χ0) is 82.3. The van der Waals surface area contributed by atoms with E-state index in [9.17, 15) is 45.5 Å². The molecule has 0 aromatic rings. The van der Waals surface area contributed by atoms with E-state index in [2.05, 4.69) is 16.0 Å². The Kier molecular flexibility index (Phi) is 33.0. The molecule has 0 aromatic carbocycles. The maximum atomic E-state index is 15.7. The molecule has 27 nitrogen and oxygen atoms in total. The highest BCUT2D eigenvalue weighted by atomic mass is 19.4. The Hall–Kier alpha value is -7.16. The van der Waals surface area contributed by atoms with Crippen LogP contribution in [0.15, 0.2) is 12.2 Å². The average molecular weight is 1580 g/mol. The number of amides is 12. The number of carbonyl (C=O) groups is 12. The van der Waals surface area contributed by atoms with Crippen LogP contribution in [0.1, 0.15) is 182 Å². The minimum Gasteiger partial charge on any atom is -0.383 e. The first-order valence-electron chi connectivity index (χ1n) is 40.0. The fraction of sp³-hybridized carbons (Fsp3) is 0.821. The van der Waals surface area contributed by atoms with Gasteiger partial charge in [-0.15, -0.1) is 0 Å². The Morgan fingerprint density at radius 1 is 0.658 bits per heavy atom. The molecule has 6 fully saturated rings. The summed E-state index contributed by atoms with van der Waals surface area (Å²) >= 11 is 0. The fourth-order valence-electron chi connectivity index (χ4n) is 17.5. The van der Waals surface area contributed by atoms with E-state index in [1.807, 2.05) is 13.8 Å². The highest BCUT2D eigenvalue weighted by Crippen LogP contribution is 2.45. The number of methoxy groups -OCH3 is 2. The largest absolute Gasteiger partial charge is 0.394 e. The highest BCUT2D eigenvalue weighted by molar-refractivity contribution is 6.01. The maximum Gasteiger partial charge on any atom is 0.394 e. The molecule has 628 valence electrons. The van der Waals surface area contributed by atoms with Gasteiger partial charge in [0.15, 0.2) is 0 Å². The van der Waals surface area contributed by atoms with Crippen molar-refractivity contribution in [1.82, 2.24) is 60.0 Å². The first-order valence-corrected chi connectivity index (χ1v) is 40.0. The summed E-state index contributed by atoms with van der Waals surface area (Å²) in [5.41, 5.74) is -1.65. The lowest BCUT2D eigenvalue weighted by molar-refractivity contribution is -0.215. The van der Waals surface area contributed by atoms with E-state index < -0.39 is 204 Å². The molecule has 0 radical (unpaired) electrons. The molecule has 0 aromatic heterocycles. The Bertz CT molecular complexity index is 3280. The van der Waals surface area contributed by atoms with Gasteiger partial charge in [-0.2, -0.15) is 26.3 Å². The van der Waals surface area contributed by atoms with Crippen LogP contribution < -0.4 is 16.0 Å². The molecule has 3 aliphatic heterocycles. The summed E-state index contributed by atoms with van der Waals surface area (Å²) in [6.45, 7) is 7.41. The Labute approximate surface area is 650 Å². The third-order valence-electron chi connectivity index (χ3n) is 24.8. The van der Waals surface area contributed by atoms with Gasteiger partial charge in [-0.3, -0.25) is 57.5 Å². The van der Waals surface area contributed by atoms with Gasteiger partial charge in [0.2, 0.25) is 70.9 Å². The third-order valence-corrected chi connectivity index (χ3v) is 24.8. The Morgan fingerprint density at radius 2 is 1.31 bits per heavy atom. The van der Waals surface area contributed by atoms with E-state index >= 15 is 38.4 Å². The summed E-state index contributed by atoms with van der Waals surface area (Å²) in [7, 11) is 12.3. The van der Waals surface area contributed by atoms with Crippen molar-refractivity contribution in [3.8, 4) is 0 Å². The number of carbonyl (C=O) groups excluding carboxylic acids is 12. The van der Waals surface area contributed by atoms with Gasteiger partial charge in [0.05, 0.1) is 50.2 Å². The van der Waals surface area contributed by atoms with Crippen molar-refractivity contribution in [3.63, 3.8) is 0 Å². The van der Waals surface area contributed by atoms with Crippen LogP contribution in [0.4, 0.5) is 26.3 Å². The van der Waals surface area contributed by atoms with Crippen LogP contribution in [0.3, 0.4) is 0 Å². The number of ether oxygens (including phenoxy) is 3. The summed E-state index contributed by atoms with van der Waals surface area (Å²) in [4.78, 5) is 194. The Morgan fingerprint density at radius 3 is 1.89 bits per heavy atom. The van der Waals surface area contributed by atoms with Crippen molar-refractivity contribution in [2.24, 2.45) is 41.4 Å². The third kappa shape index (κ3) is 22.9. The van der Waals surface area contributed by atoms with Crippen molar-refractivity contribution in [3.05, 3.63) is 12.2 Å². The molecule has 2 bridgehead atoms. The van der Waals surface area contributed by atoms with Crippen molar-refractivity contribution in [1.29, 1.82) is 0 Å². The lowest BCUT2D eigenvalue weighted by Gasteiger charge is -2.46. The van der Waals surface area contributed by atoms with E-state index in [1.165, 1.54) is 88.1 Å². The van der Waals surface area contributed by atoms with E-state index in [4.69, 9.17) is 14.2 Å². The number of nitrogens with one attached hydrogen (secondary N) is 3. The Balaban J connectivity index is 1.34. The van der Waals surface area contributed by atoms with Crippen LogP contribution in [-0.2, 0) is 71.7 Å². The zero-order valence-corrected chi connectivity index (χ0v) is 67.6. The second-order valence-electron chi connectivity index (χ2n) is 32.8. The average Bonchev–Trinajstić information content (AvgIpc) is 1.72. The lowest BCUT2D eigenvalue weighted by atomic mass is 9.74. The van der Waals surface area contributed by atoms with Crippen LogP contribution in [0, 0.1) is 41.4 Å². The fourth-order valence-corrected chi connectivity index (χ4v) is 17.5. The molecule has 3 unspecified atom stereocenters. The summed E-state index contributed by atoms with van der Waals surface area (Å²) in [5, 5.41) is 8.67. The molecule has 2 saturated heterocycles. The topological polar surface area (TPSA) is 298 Å². The predicted octanol–water partition coefficient (Wildman–Crippen LogP) is 6.10. The molecule has 12 amide bonds. The molecule has 33 heteroatoms. The zero-order valence-electron chi connectivity index (χ0n) is 67.6. The number of rotatable bonds is 17. The molecule has 7 aliphatic rings. The quantitative estimate of drug-likeness (QED) is 0.110. The summed E-state index contributed by atoms with van der Waals surface area (Å²) < 4.78 is 102. The molecule has 3 N–H and O–H groups in total. The van der Waals surface area contributed by atoms with Gasteiger partial charge in [-0.25, -0.2) is 0 Å². The molecule has 111 heavy (non-hydrogen) atoms. The van der Waals surface area contributed by atoms with Crippen LogP contribution >= 0.6 is 0 Å². The number of alkyl halides is 6. The van der Waals surface area contributed by atoms with Crippen molar-refractivity contribution in [2.75, 3.05) is 109 Å². The molecule has 4 aliphatic carbocycles. The first kappa shape index (κ1) is 91.0. The van der Waals surface area contributed by atoms with Gasteiger partial charge in [0, 0.05) is 96.2 Å². The van der Waals surface area contributed by atoms with Crippen molar-refractivity contribution < 1.29 is 98.1 Å². The van der Waals surface area contributed by atoms with Gasteiger partial charge < -0.3 is 74.3 Å². The van der Waals surface area contributed by atoms with Gasteiger partial charge in [-0.05, 0) is 152 Å². The monoisotopic (exact) mass is 1580 g/mol. The van der Waals surface area contributed by atoms with Gasteiger partial charge in [-0.1, -0.05) is 59.1 Å². The standard InChI is InChI=1S/C78H124F6N12O15/c1-15-48(5)65-73(106)90(8)46-64(99)91(9)56-25-18-17-21-36-95(72(56)105)60(40-49-26-30-52(31-27-49)77(79,80)81)71(104)89(7)45-62(97)85-55(33-29-50-28-32-54(78(82,83)84)61(41-50)110-14)69(102)96-44-53(111-16-2)42-58(96)68(101)87-76(34-22-35-76)75(108)94(12)66(51-23-19-20-24-51)74(107)93(11)59(70(103)88(6)37-38-109-13)43-63(98)92(10)57(39-47(3)4)67(100)86-65/h17-18,47-61,65-66H,15-16,19-46H2,1-14H3,(H,85,97)(H,86,100)(H,87,101)/b18-17-/t48-,49?,50?,52?,53+,54?,55-,56-,57-,58-,59-,60-,61?,65-,66-/m0/s1. The van der Waals surface area contributed by atoms with E-state index in [1.54, 1.807) is 32.9 Å². The van der Waals surface area contributed by atoms with Crippen molar-refractivity contribution in [2.45, 2.75) is 261 Å². The molecular formula is C78H124F6N12O15. The minimum atomic E-state index is -4.57. The number of nitrogens with zero attached hydrogens (tertiary/aromatic N) is 9. The van der Waals surface area contributed by atoms with Crippen LogP contribution in [0.25, 0.3) is 0 Å². The lowest BCUT2D eigenvalue weighted by Crippen LogP contribution is -2.68. The van der Waals surface area contributed by atoms with Gasteiger partial charge in [0.1, 0.15) is 53.9 Å². The van der Waals surface area contributed by atoms with Crippen molar-refractivity contribution >= 4 is 70.9 Å². The first-order chi connectivity index (χ1) is 52.2. The SMILES string of the molecule is CCO[C@@H]1C[C@H]2C(=O)NC3(CCC3)C(=O)N(C)[C@@H](C3CCCC3)C(=O)N(C)[C@H](C(=O)N(C)CCOC)CC(=O)N(C)[C@@H](CC(C)C)C(=O)N[C@@H]([C@@H](C)CC)C(=O)N(C)CC(=O)N(C)[C@H]3C/C=C\CCN(C3=O)[C@@H](CC3CCC(C(F)(F)F)CC3)C(=O)N(C)CC(=O)N[C@@H](CCC3CCC(C(F)(F)F)C(OC)C3)C(=O)N2C1. The number of fused-ring (bicyclic) bond motifs is 3. The second-order valence-corrected chi connectivity index (χ2v) is 32.8. The molecule has 3 heterocycles. The number of likely N-dealkylation sites (N-methyl/N-ethyl adjacent to an activating group) is 7. The maximum absolute atomic E-state index is 15.7. The van der Waals surface area contributed by atoms with Crippen LogP contribution in [0.2, 0.25) is 0 Å². The van der Waals surface area contributed by atoms with Crippen LogP contribution in [0.5, 0.6) is 0 Å². The molecule has 1 spiro atoms. The van der Waals surface area contributed by atoms with E-state index in [0.717, 1.165) is 19.6 Å². The predicted molar refractivity (Wildman–Crippen MR) is 398 cm³/mol. The summed E-state index contributed by atoms with van der Waals surface area (Å²) in [5.74, 6) is -14.6. The number of hydrogen-bond donors (Lipinski definition) is 3. The summed E-state index contributed by atoms with van der Waals surface area (Å²) in [6.07, 6.45) is -5.78. The van der Waals surface area contributed by atoms with E-state index in [-0.39, 0.29) is 141 Å². The molecule has 7 rings (SSSR count). The molecule has 13 atom stereocenters. The minimum absolute atomic E-state index is 0.0324. The van der Waals surface area contributed by atoms with Gasteiger partial charge in [0.25, 0.3) is 0 Å². The normalized spacial score (nSPS) is 30.8. The molecule has 4 saturated carbocycles.